The number of nitrogens with one attached hydrogen (secondary N) is 2. The predicted octanol–water partition coefficient (Wildman–Crippen LogP) is 8.30. The van der Waals surface area contributed by atoms with Crippen LogP contribution in [0, 0.1) is 23.2 Å². The number of carbonyl (C=O) groups is 2. The number of hydroxylamine groups is 1. The molecule has 2 atom stereocenters. The fourth-order valence-electron chi connectivity index (χ4n) is 11.1. The number of rotatable bonds is 9. The quantitative estimate of drug-likeness (QED) is 0.125. The van der Waals surface area contributed by atoms with Gasteiger partial charge in [0.1, 0.15) is 0 Å². The van der Waals surface area contributed by atoms with Gasteiger partial charge in [-0.15, -0.1) is 0 Å². The molecule has 3 N–H and O–H groups in total. The third-order valence-corrected chi connectivity index (χ3v) is 12.7. The summed E-state index contributed by atoms with van der Waals surface area (Å²) in [6.45, 7) is 7.63. The Kier molecular flexibility index (Phi) is 7.64. The van der Waals surface area contributed by atoms with Gasteiger partial charge < -0.3 is 5.11 Å². The molecule has 0 aliphatic heterocycles. The van der Waals surface area contributed by atoms with Crippen LogP contribution >= 0.6 is 11.3 Å². The van der Waals surface area contributed by atoms with Crippen LogP contribution in [0.5, 0.6) is 0 Å². The minimum absolute atomic E-state index is 0.0400. The lowest BCUT2D eigenvalue weighted by molar-refractivity contribution is -0.265. The molecule has 12 heteroatoms. The largest absolute Gasteiger partial charge is 0.476 e. The van der Waals surface area contributed by atoms with Crippen molar-refractivity contribution in [1.82, 2.24) is 30.2 Å². The van der Waals surface area contributed by atoms with Gasteiger partial charge in [-0.3, -0.25) is 19.6 Å². The van der Waals surface area contributed by atoms with E-state index in [4.69, 9.17) is 14.9 Å². The van der Waals surface area contributed by atoms with Gasteiger partial charge in [-0.05, 0) is 109 Å². The summed E-state index contributed by atoms with van der Waals surface area (Å²) in [6, 6.07) is 18.7. The summed E-state index contributed by atoms with van der Waals surface area (Å²) in [5.41, 5.74) is 7.71. The molecule has 4 saturated carbocycles. The molecule has 4 bridgehead atoms. The number of pyridine rings is 2. The number of hydrogen-bond acceptors (Lipinski definition) is 9. The number of anilines is 1. The van der Waals surface area contributed by atoms with E-state index in [1.807, 2.05) is 68.6 Å². The number of aromatic carboxylic acids is 1. The average molecular weight is 728 g/mol. The normalized spacial score (nSPS) is 26.0. The highest BCUT2D eigenvalue weighted by molar-refractivity contribution is 7.22. The first kappa shape index (κ1) is 33.8. The molecule has 4 fully saturated rings. The van der Waals surface area contributed by atoms with Crippen LogP contribution in [0.15, 0.2) is 73.1 Å². The number of aromatic nitrogens is 5. The van der Waals surface area contributed by atoms with Gasteiger partial charge in [0.2, 0.25) is 0 Å². The number of thiazole rings is 1. The summed E-state index contributed by atoms with van der Waals surface area (Å²) in [5.74, 6) is -1.41. The number of hydrogen-bond donors (Lipinski definition) is 3. The zero-order valence-corrected chi connectivity index (χ0v) is 31.0. The maximum absolute atomic E-state index is 13.5. The monoisotopic (exact) mass is 727 g/mol. The van der Waals surface area contributed by atoms with Crippen molar-refractivity contribution in [2.45, 2.75) is 71.4 Å². The van der Waals surface area contributed by atoms with Gasteiger partial charge in [-0.25, -0.2) is 20.2 Å². The van der Waals surface area contributed by atoms with Gasteiger partial charge in [-0.1, -0.05) is 49.4 Å². The summed E-state index contributed by atoms with van der Waals surface area (Å²) >= 11 is 1.36. The van der Waals surface area contributed by atoms with E-state index in [1.54, 1.807) is 18.5 Å². The van der Waals surface area contributed by atoms with E-state index in [-0.39, 0.29) is 33.4 Å². The summed E-state index contributed by atoms with van der Waals surface area (Å²) in [6.07, 6.45) is 10.0. The molecule has 2 aromatic carbocycles. The molecular weight excluding hydrogens is 687 g/mol. The lowest BCUT2D eigenvalue weighted by Gasteiger charge is -2.68. The molecule has 4 aromatic heterocycles. The SMILES string of the molecule is CNOC12CC3(C)CC(C)(CC(Cn4ncc(-c5ccc(-c6ccc7cccc(C(=O)Nc8nc9ncccc9s8)c7c6)nc5C(=O)O)c4C)(C3)C1)C2. The second kappa shape index (κ2) is 12.0. The van der Waals surface area contributed by atoms with Gasteiger partial charge in [0.25, 0.3) is 5.91 Å². The fourth-order valence-corrected chi connectivity index (χ4v) is 11.9. The van der Waals surface area contributed by atoms with Crippen molar-refractivity contribution in [3.05, 3.63) is 90.0 Å². The molecule has 10 rings (SSSR count). The lowest BCUT2D eigenvalue weighted by atomic mass is 9.39. The first-order valence-electron chi connectivity index (χ1n) is 18.1. The van der Waals surface area contributed by atoms with Crippen LogP contribution in [-0.2, 0) is 11.4 Å². The number of carboxylic acids is 1. The van der Waals surface area contributed by atoms with Crippen LogP contribution in [0.3, 0.4) is 0 Å². The number of fused-ring (bicyclic) bond motifs is 2. The van der Waals surface area contributed by atoms with Crippen LogP contribution in [0.1, 0.15) is 78.9 Å². The van der Waals surface area contributed by atoms with Crippen molar-refractivity contribution in [3.8, 4) is 22.4 Å². The first-order valence-corrected chi connectivity index (χ1v) is 18.9. The van der Waals surface area contributed by atoms with E-state index in [0.717, 1.165) is 65.4 Å². The van der Waals surface area contributed by atoms with Crippen LogP contribution in [-0.4, -0.2) is 54.4 Å². The fraction of sp³-hybridized carbons (Fsp3) is 0.366. The molecule has 1 amide bonds. The Morgan fingerprint density at radius 1 is 0.943 bits per heavy atom. The summed E-state index contributed by atoms with van der Waals surface area (Å²) < 4.78 is 2.96. The van der Waals surface area contributed by atoms with Gasteiger partial charge >= 0.3 is 5.97 Å². The molecule has 0 saturated heterocycles. The van der Waals surface area contributed by atoms with Crippen molar-refractivity contribution in [2.75, 3.05) is 12.4 Å². The van der Waals surface area contributed by atoms with Crippen LogP contribution in [0.25, 0.3) is 43.5 Å². The summed E-state index contributed by atoms with van der Waals surface area (Å²) in [7, 11) is 1.86. The second-order valence-corrected chi connectivity index (χ2v) is 17.4. The van der Waals surface area contributed by atoms with Crippen molar-refractivity contribution in [2.24, 2.45) is 16.2 Å². The number of carbonyl (C=O) groups excluding carboxylic acids is 1. The summed E-state index contributed by atoms with van der Waals surface area (Å²) in [4.78, 5) is 46.1. The van der Waals surface area contributed by atoms with Gasteiger partial charge in [0, 0.05) is 47.7 Å². The first-order chi connectivity index (χ1) is 25.4. The van der Waals surface area contributed by atoms with E-state index in [1.165, 1.54) is 17.8 Å². The molecule has 53 heavy (non-hydrogen) atoms. The zero-order chi connectivity index (χ0) is 36.8. The van der Waals surface area contributed by atoms with Crippen molar-refractivity contribution >= 4 is 49.5 Å². The number of benzene rings is 2. The number of amides is 1. The Morgan fingerprint density at radius 3 is 2.51 bits per heavy atom. The number of carboxylic acid groups (broad SMARTS) is 1. The van der Waals surface area contributed by atoms with E-state index in [9.17, 15) is 14.7 Å². The summed E-state index contributed by atoms with van der Waals surface area (Å²) in [5, 5.41) is 20.3. The highest BCUT2D eigenvalue weighted by Crippen LogP contribution is 2.71. The standard InChI is InChI=1S/C41H41N7O4S/c1-24-30(16-44-48(24)23-40-18-38(2)17-39(3,19-40)21-41(20-38,22-40)52-42-4)27-12-13-31(45-33(27)36(50)51)26-11-10-25-7-5-8-28(29(25)15-26)35(49)47-37-46-34-32(53-37)9-6-14-43-34/h5-16,42H,17-23H2,1-4H3,(H,50,51)(H,43,46,47,49). The number of nitrogens with zero attached hydrogens (tertiary/aromatic N) is 5. The van der Waals surface area contributed by atoms with Gasteiger partial charge in [-0.2, -0.15) is 10.1 Å². The van der Waals surface area contributed by atoms with Crippen LogP contribution in [0.2, 0.25) is 0 Å². The molecule has 11 nitrogen and oxygen atoms in total. The van der Waals surface area contributed by atoms with Crippen LogP contribution in [0.4, 0.5) is 5.13 Å². The maximum atomic E-state index is 13.5. The second-order valence-electron chi connectivity index (χ2n) is 16.4. The highest BCUT2D eigenvalue weighted by atomic mass is 32.1. The minimum Gasteiger partial charge on any atom is -0.476 e. The molecule has 270 valence electrons. The van der Waals surface area contributed by atoms with Crippen LogP contribution < -0.4 is 10.8 Å². The minimum atomic E-state index is -1.12. The Labute approximate surface area is 310 Å². The van der Waals surface area contributed by atoms with E-state index in [2.05, 4.69) is 39.3 Å². The molecule has 2 unspecified atom stereocenters. The highest BCUT2D eigenvalue weighted by Gasteiger charge is 2.66. The molecule has 0 radical (unpaired) electrons. The van der Waals surface area contributed by atoms with Gasteiger partial charge in [0.05, 0.1) is 22.2 Å². The molecule has 6 aromatic rings. The average Bonchev–Trinajstić information content (AvgIpc) is 3.67. The lowest BCUT2D eigenvalue weighted by Crippen LogP contribution is -2.65. The van der Waals surface area contributed by atoms with E-state index < -0.39 is 5.97 Å². The maximum Gasteiger partial charge on any atom is 0.355 e. The molecule has 4 aliphatic rings. The van der Waals surface area contributed by atoms with E-state index >= 15 is 0 Å². The van der Waals surface area contributed by atoms with Gasteiger partial charge in [0.15, 0.2) is 16.5 Å². The Balaban J connectivity index is 1.02. The predicted molar refractivity (Wildman–Crippen MR) is 205 cm³/mol. The molecule has 4 heterocycles. The third-order valence-electron chi connectivity index (χ3n) is 11.8. The van der Waals surface area contributed by atoms with Crippen molar-refractivity contribution in [3.63, 3.8) is 0 Å². The van der Waals surface area contributed by atoms with Crippen molar-refractivity contribution in [1.29, 1.82) is 0 Å². The molecule has 0 spiro atoms. The Morgan fingerprint density at radius 2 is 1.75 bits per heavy atom. The van der Waals surface area contributed by atoms with Crippen molar-refractivity contribution < 1.29 is 19.5 Å². The molecule has 4 aliphatic carbocycles. The molecular formula is C41H41N7O4S. The zero-order valence-electron chi connectivity index (χ0n) is 30.2. The Hall–Kier alpha value is -5.04. The topological polar surface area (TPSA) is 144 Å². The smallest absolute Gasteiger partial charge is 0.355 e. The third kappa shape index (κ3) is 5.80. The Bertz CT molecular complexity index is 2420. The van der Waals surface area contributed by atoms with E-state index in [0.29, 0.717) is 33.2 Å².